The van der Waals surface area contributed by atoms with Crippen molar-refractivity contribution in [3.05, 3.63) is 119 Å². The van der Waals surface area contributed by atoms with E-state index in [1.807, 2.05) is 36.4 Å². The van der Waals surface area contributed by atoms with E-state index >= 15 is 0 Å². The average molecular weight is 447 g/mol. The Labute approximate surface area is 198 Å². The van der Waals surface area contributed by atoms with Crippen LogP contribution in [0.5, 0.6) is 0 Å². The highest BCUT2D eigenvalue weighted by Gasteiger charge is 2.38. The molecule has 0 amide bonds. The molecule has 2 heterocycles. The van der Waals surface area contributed by atoms with Gasteiger partial charge in [0.05, 0.1) is 11.4 Å². The third kappa shape index (κ3) is 4.12. The highest BCUT2D eigenvalue weighted by molar-refractivity contribution is 6.29. The van der Waals surface area contributed by atoms with Crippen LogP contribution in [0.2, 0.25) is 5.15 Å². The van der Waals surface area contributed by atoms with Gasteiger partial charge in [-0.25, -0.2) is 15.0 Å². The third-order valence-electron chi connectivity index (χ3n) is 6.20. The van der Waals surface area contributed by atoms with Gasteiger partial charge in [0, 0.05) is 17.0 Å². The van der Waals surface area contributed by atoms with E-state index in [4.69, 9.17) is 21.6 Å². The number of pyridine rings is 1. The van der Waals surface area contributed by atoms with Gasteiger partial charge in [0.2, 0.25) is 0 Å². The van der Waals surface area contributed by atoms with Gasteiger partial charge in [-0.05, 0) is 42.0 Å². The fourth-order valence-electron chi connectivity index (χ4n) is 4.41. The number of nitrogens with zero attached hydrogens (tertiary/aromatic N) is 3. The second-order valence-corrected chi connectivity index (χ2v) is 8.84. The molecule has 1 aliphatic carbocycles. The molecule has 1 unspecified atom stereocenters. The smallest absolute Gasteiger partial charge is 0.180 e. The molecular formula is C29H21ClN3. The van der Waals surface area contributed by atoms with Crippen molar-refractivity contribution in [1.82, 2.24) is 15.0 Å². The molecule has 4 heteroatoms. The zero-order valence-corrected chi connectivity index (χ0v) is 18.7. The van der Waals surface area contributed by atoms with Gasteiger partial charge in [-0.1, -0.05) is 96.5 Å². The van der Waals surface area contributed by atoms with E-state index in [2.05, 4.69) is 59.6 Å². The molecule has 1 aliphatic rings. The van der Waals surface area contributed by atoms with Crippen molar-refractivity contribution in [3.63, 3.8) is 0 Å². The Morgan fingerprint density at radius 2 is 1.27 bits per heavy atom. The first-order valence-electron chi connectivity index (χ1n) is 11.1. The quantitative estimate of drug-likeness (QED) is 0.268. The molecule has 1 radical (unpaired) electrons. The van der Waals surface area contributed by atoms with Crippen molar-refractivity contribution >= 4 is 22.8 Å². The van der Waals surface area contributed by atoms with E-state index in [1.165, 1.54) is 23.5 Å². The lowest BCUT2D eigenvalue weighted by Gasteiger charge is -2.11. The van der Waals surface area contributed by atoms with Gasteiger partial charge in [0.1, 0.15) is 10.7 Å². The summed E-state index contributed by atoms with van der Waals surface area (Å²) in [5.74, 6) is 2.19. The first-order chi connectivity index (χ1) is 16.2. The molecule has 159 valence electrons. The molecule has 33 heavy (non-hydrogen) atoms. The van der Waals surface area contributed by atoms with Crippen LogP contribution < -0.4 is 0 Å². The third-order valence-corrected chi connectivity index (χ3v) is 6.41. The summed E-state index contributed by atoms with van der Waals surface area (Å²) in [4.78, 5) is 14.2. The van der Waals surface area contributed by atoms with Gasteiger partial charge >= 0.3 is 0 Å². The summed E-state index contributed by atoms with van der Waals surface area (Å²) in [6.07, 6.45) is 2.29. The fourth-order valence-corrected chi connectivity index (χ4v) is 4.56. The van der Waals surface area contributed by atoms with E-state index < -0.39 is 0 Å². The maximum Gasteiger partial charge on any atom is 0.180 e. The fraction of sp³-hybridized carbons (Fsp3) is 0.103. The number of benzene rings is 3. The summed E-state index contributed by atoms with van der Waals surface area (Å²) >= 11 is 6.11. The Bertz CT molecular complexity index is 1420. The Hall–Kier alpha value is -3.56. The molecule has 0 N–H and O–H groups in total. The molecule has 1 atom stereocenters. The molecule has 1 fully saturated rings. The van der Waals surface area contributed by atoms with Crippen LogP contribution in [0.25, 0.3) is 33.7 Å². The molecular weight excluding hydrogens is 426 g/mol. The van der Waals surface area contributed by atoms with Crippen molar-refractivity contribution in [2.45, 2.75) is 12.8 Å². The minimum atomic E-state index is 0.416. The van der Waals surface area contributed by atoms with Crippen molar-refractivity contribution in [2.75, 3.05) is 0 Å². The molecule has 3 nitrogen and oxygen atoms in total. The number of hydrogen-bond donors (Lipinski definition) is 0. The zero-order chi connectivity index (χ0) is 22.2. The number of halogens is 1. The minimum Gasteiger partial charge on any atom is -0.242 e. The lowest BCUT2D eigenvalue weighted by molar-refractivity contribution is 0.845. The highest BCUT2D eigenvalue weighted by atomic mass is 35.5. The van der Waals surface area contributed by atoms with E-state index in [-0.39, 0.29) is 0 Å². The highest BCUT2D eigenvalue weighted by Crippen LogP contribution is 2.48. The van der Waals surface area contributed by atoms with Crippen LogP contribution in [0, 0.1) is 11.8 Å². The average Bonchev–Trinajstić information content (AvgIpc) is 3.63. The van der Waals surface area contributed by atoms with E-state index in [9.17, 15) is 0 Å². The lowest BCUT2D eigenvalue weighted by Crippen LogP contribution is -1.97. The molecule has 0 saturated heterocycles. The van der Waals surface area contributed by atoms with Crippen molar-refractivity contribution in [2.24, 2.45) is 5.92 Å². The summed E-state index contributed by atoms with van der Waals surface area (Å²) < 4.78 is 0. The topological polar surface area (TPSA) is 38.7 Å². The van der Waals surface area contributed by atoms with E-state index in [0.717, 1.165) is 34.5 Å². The standard InChI is InChI=1S/C29H21ClN3/c30-26-16-15-25-29(32-26)33-28(21-9-5-2-6-10-21)27(31-25)22-13-11-20(12-14-22)24-18-23(24)17-19-7-3-1-4-8-19/h1-16,23H,17-18H2. The second kappa shape index (κ2) is 8.42. The summed E-state index contributed by atoms with van der Waals surface area (Å²) in [7, 11) is 0. The molecule has 5 aromatic rings. The van der Waals surface area contributed by atoms with Crippen molar-refractivity contribution in [3.8, 4) is 22.5 Å². The van der Waals surface area contributed by atoms with Gasteiger partial charge in [-0.2, -0.15) is 0 Å². The maximum atomic E-state index is 6.11. The van der Waals surface area contributed by atoms with Crippen LogP contribution in [-0.2, 0) is 6.42 Å². The Morgan fingerprint density at radius 3 is 2.03 bits per heavy atom. The Morgan fingerprint density at radius 1 is 0.636 bits per heavy atom. The van der Waals surface area contributed by atoms with Gasteiger partial charge in [-0.3, -0.25) is 0 Å². The SMILES string of the molecule is Clc1ccc2nc(-c3ccc([C]4CC4Cc4ccccc4)cc3)c(-c3ccccc3)nc2n1. The first kappa shape index (κ1) is 20.1. The molecule has 0 spiro atoms. The predicted molar refractivity (Wildman–Crippen MR) is 134 cm³/mol. The number of hydrogen-bond acceptors (Lipinski definition) is 3. The van der Waals surface area contributed by atoms with Crippen LogP contribution in [0.4, 0.5) is 0 Å². The zero-order valence-electron chi connectivity index (χ0n) is 17.9. The van der Waals surface area contributed by atoms with Gasteiger partial charge in [0.25, 0.3) is 0 Å². The van der Waals surface area contributed by atoms with Gasteiger partial charge < -0.3 is 0 Å². The minimum absolute atomic E-state index is 0.416. The lowest BCUT2D eigenvalue weighted by atomic mass is 10.00. The van der Waals surface area contributed by atoms with E-state index in [1.54, 1.807) is 6.07 Å². The summed E-state index contributed by atoms with van der Waals surface area (Å²) in [5.41, 5.74) is 7.73. The number of rotatable bonds is 5. The summed E-state index contributed by atoms with van der Waals surface area (Å²) in [6, 6.07) is 33.2. The molecule has 2 aromatic heterocycles. The van der Waals surface area contributed by atoms with Gasteiger partial charge in [-0.15, -0.1) is 0 Å². The van der Waals surface area contributed by atoms with Crippen molar-refractivity contribution in [1.29, 1.82) is 0 Å². The molecule has 1 saturated carbocycles. The van der Waals surface area contributed by atoms with E-state index in [0.29, 0.717) is 16.7 Å². The summed E-state index contributed by atoms with van der Waals surface area (Å²) in [6.45, 7) is 0. The number of fused-ring (bicyclic) bond motifs is 1. The normalized spacial score (nSPS) is 15.6. The van der Waals surface area contributed by atoms with Gasteiger partial charge in [0.15, 0.2) is 5.65 Å². The van der Waals surface area contributed by atoms with Crippen LogP contribution in [0.15, 0.2) is 97.1 Å². The largest absolute Gasteiger partial charge is 0.242 e. The predicted octanol–water partition coefficient (Wildman–Crippen LogP) is 7.20. The molecule has 3 aromatic carbocycles. The number of aromatic nitrogens is 3. The summed E-state index contributed by atoms with van der Waals surface area (Å²) in [5, 5.41) is 0.416. The molecule has 0 bridgehead atoms. The first-order valence-corrected chi connectivity index (χ1v) is 11.5. The Balaban J connectivity index is 1.33. The molecule has 6 rings (SSSR count). The van der Waals surface area contributed by atoms with Crippen molar-refractivity contribution < 1.29 is 0 Å². The Kier molecular flexibility index (Phi) is 5.12. The van der Waals surface area contributed by atoms with Crippen LogP contribution >= 0.6 is 11.6 Å². The monoisotopic (exact) mass is 446 g/mol. The molecule has 0 aliphatic heterocycles. The van der Waals surface area contributed by atoms with Crippen LogP contribution in [0.3, 0.4) is 0 Å². The van der Waals surface area contributed by atoms with Crippen LogP contribution in [0.1, 0.15) is 17.5 Å². The second-order valence-electron chi connectivity index (χ2n) is 8.46. The van der Waals surface area contributed by atoms with Crippen LogP contribution in [-0.4, -0.2) is 15.0 Å². The maximum absolute atomic E-state index is 6.11.